The number of nitrogens with zero attached hydrogens (tertiary/aromatic N) is 3. The number of amides is 1. The molecule has 1 amide bonds. The van der Waals surface area contributed by atoms with Crippen molar-refractivity contribution in [2.75, 3.05) is 17.7 Å². The zero-order chi connectivity index (χ0) is 23.8. The molecule has 0 bridgehead atoms. The van der Waals surface area contributed by atoms with Gasteiger partial charge >= 0.3 is 0 Å². The quantitative estimate of drug-likeness (QED) is 0.313. The molecule has 0 saturated heterocycles. The molecule has 0 saturated carbocycles. The molecular weight excluding hydrogens is 436 g/mol. The Morgan fingerprint density at radius 3 is 2.64 bits per heavy atom. The molecule has 7 nitrogen and oxygen atoms in total. The maximum absolute atomic E-state index is 12.4. The molecule has 33 heavy (non-hydrogen) atoms. The Bertz CT molecular complexity index is 1130. The molecule has 1 heterocycles. The summed E-state index contributed by atoms with van der Waals surface area (Å²) in [6.07, 6.45) is 1.77. The number of hydrogen-bond acceptors (Lipinski definition) is 6. The predicted octanol–water partition coefficient (Wildman–Crippen LogP) is 5.10. The van der Waals surface area contributed by atoms with Crippen LogP contribution in [0.1, 0.15) is 29.4 Å². The SMILES string of the molecule is C=CCn1c(COc2ccc(C)cc2OCC)nnc1SCC(=O)Nc1ccc(C)c(C)c1. The molecule has 0 atom stereocenters. The number of ether oxygens (including phenoxy) is 2. The molecule has 0 aliphatic heterocycles. The summed E-state index contributed by atoms with van der Waals surface area (Å²) in [6.45, 7) is 13.1. The Hall–Kier alpha value is -3.26. The fraction of sp³-hybridized carbons (Fsp3) is 0.320. The second kappa shape index (κ2) is 11.6. The number of hydrogen-bond donors (Lipinski definition) is 1. The van der Waals surface area contributed by atoms with Crippen LogP contribution in [0.4, 0.5) is 5.69 Å². The Balaban J connectivity index is 1.65. The lowest BCUT2D eigenvalue weighted by Gasteiger charge is -2.13. The highest BCUT2D eigenvalue weighted by molar-refractivity contribution is 7.99. The average Bonchev–Trinajstić information content (AvgIpc) is 3.16. The van der Waals surface area contributed by atoms with Crippen molar-refractivity contribution in [3.8, 4) is 11.5 Å². The van der Waals surface area contributed by atoms with E-state index in [1.54, 1.807) is 6.08 Å². The number of anilines is 1. The summed E-state index contributed by atoms with van der Waals surface area (Å²) < 4.78 is 13.6. The summed E-state index contributed by atoms with van der Waals surface area (Å²) in [5, 5.41) is 12.1. The molecule has 1 N–H and O–H groups in total. The standard InChI is InChI=1S/C25H30N4O3S/c1-6-12-29-23(15-32-21-11-8-17(3)13-22(21)31-7-2)27-28-25(29)33-16-24(30)26-20-10-9-18(4)19(5)14-20/h6,8-11,13-14H,1,7,12,15-16H2,2-5H3,(H,26,30). The van der Waals surface area contributed by atoms with Crippen LogP contribution in [0, 0.1) is 20.8 Å². The molecule has 8 heteroatoms. The maximum Gasteiger partial charge on any atom is 0.234 e. The van der Waals surface area contributed by atoms with Crippen molar-refractivity contribution in [3.63, 3.8) is 0 Å². The number of carbonyl (C=O) groups is 1. The average molecular weight is 467 g/mol. The number of nitrogens with one attached hydrogen (secondary N) is 1. The second-order valence-corrected chi connectivity index (χ2v) is 8.55. The van der Waals surface area contributed by atoms with E-state index in [4.69, 9.17) is 9.47 Å². The molecular formula is C25H30N4O3S. The van der Waals surface area contributed by atoms with Crippen LogP contribution in [0.2, 0.25) is 0 Å². The van der Waals surface area contributed by atoms with E-state index in [0.717, 1.165) is 16.8 Å². The number of rotatable bonds is 11. The van der Waals surface area contributed by atoms with E-state index in [9.17, 15) is 4.79 Å². The molecule has 0 radical (unpaired) electrons. The van der Waals surface area contributed by atoms with Crippen LogP contribution in [-0.2, 0) is 17.9 Å². The van der Waals surface area contributed by atoms with Crippen LogP contribution in [0.3, 0.4) is 0 Å². The first-order chi connectivity index (χ1) is 15.9. The third-order valence-electron chi connectivity index (χ3n) is 4.98. The minimum Gasteiger partial charge on any atom is -0.490 e. The minimum absolute atomic E-state index is 0.102. The van der Waals surface area contributed by atoms with Gasteiger partial charge in [-0.3, -0.25) is 9.36 Å². The van der Waals surface area contributed by atoms with Crippen molar-refractivity contribution in [3.05, 3.63) is 71.6 Å². The Kier molecular flexibility index (Phi) is 8.54. The van der Waals surface area contributed by atoms with Gasteiger partial charge in [0.15, 0.2) is 22.5 Å². The van der Waals surface area contributed by atoms with Crippen LogP contribution in [-0.4, -0.2) is 33.0 Å². The lowest BCUT2D eigenvalue weighted by atomic mass is 10.1. The third kappa shape index (κ3) is 6.61. The molecule has 0 aliphatic rings. The van der Waals surface area contributed by atoms with Crippen LogP contribution in [0.5, 0.6) is 11.5 Å². The third-order valence-corrected chi connectivity index (χ3v) is 5.95. The number of benzene rings is 2. The van der Waals surface area contributed by atoms with Crippen molar-refractivity contribution in [1.82, 2.24) is 14.8 Å². The molecule has 1 aromatic heterocycles. The van der Waals surface area contributed by atoms with E-state index in [-0.39, 0.29) is 18.3 Å². The van der Waals surface area contributed by atoms with E-state index in [0.29, 0.717) is 35.6 Å². The molecule has 3 aromatic rings. The lowest BCUT2D eigenvalue weighted by molar-refractivity contribution is -0.113. The molecule has 0 spiro atoms. The van der Waals surface area contributed by atoms with Gasteiger partial charge in [0, 0.05) is 12.2 Å². The predicted molar refractivity (Wildman–Crippen MR) is 132 cm³/mol. The number of allylic oxidation sites excluding steroid dienone is 1. The summed E-state index contributed by atoms with van der Waals surface area (Å²) in [7, 11) is 0. The lowest BCUT2D eigenvalue weighted by Crippen LogP contribution is -2.15. The van der Waals surface area contributed by atoms with Crippen LogP contribution >= 0.6 is 11.8 Å². The Morgan fingerprint density at radius 2 is 1.91 bits per heavy atom. The highest BCUT2D eigenvalue weighted by Gasteiger charge is 2.15. The highest BCUT2D eigenvalue weighted by atomic mass is 32.2. The number of aromatic nitrogens is 3. The smallest absolute Gasteiger partial charge is 0.234 e. The highest BCUT2D eigenvalue weighted by Crippen LogP contribution is 2.29. The van der Waals surface area contributed by atoms with Gasteiger partial charge in [-0.25, -0.2) is 0 Å². The first kappa shape index (κ1) is 24.4. The van der Waals surface area contributed by atoms with Gasteiger partial charge in [-0.05, 0) is 68.7 Å². The minimum atomic E-state index is -0.102. The summed E-state index contributed by atoms with van der Waals surface area (Å²) in [5.41, 5.74) is 4.21. The Morgan fingerprint density at radius 1 is 1.09 bits per heavy atom. The summed E-state index contributed by atoms with van der Waals surface area (Å²) in [5.74, 6) is 2.11. The first-order valence-corrected chi connectivity index (χ1v) is 11.8. The zero-order valence-electron chi connectivity index (χ0n) is 19.6. The summed E-state index contributed by atoms with van der Waals surface area (Å²) in [4.78, 5) is 12.4. The van der Waals surface area contributed by atoms with Crippen molar-refractivity contribution in [2.24, 2.45) is 0 Å². The Labute approximate surface area is 199 Å². The van der Waals surface area contributed by atoms with Crippen LogP contribution in [0.15, 0.2) is 54.2 Å². The largest absolute Gasteiger partial charge is 0.490 e. The van der Waals surface area contributed by atoms with Crippen molar-refractivity contribution >= 4 is 23.4 Å². The van der Waals surface area contributed by atoms with Crippen molar-refractivity contribution in [2.45, 2.75) is 46.0 Å². The molecule has 174 valence electrons. The van der Waals surface area contributed by atoms with Crippen molar-refractivity contribution in [1.29, 1.82) is 0 Å². The fourth-order valence-corrected chi connectivity index (χ4v) is 3.90. The molecule has 3 rings (SSSR count). The maximum atomic E-state index is 12.4. The molecule has 0 fully saturated rings. The second-order valence-electron chi connectivity index (χ2n) is 7.61. The van der Waals surface area contributed by atoms with Gasteiger partial charge in [0.2, 0.25) is 5.91 Å². The number of aryl methyl sites for hydroxylation is 3. The summed E-state index contributed by atoms with van der Waals surface area (Å²) in [6, 6.07) is 11.7. The van der Waals surface area contributed by atoms with Gasteiger partial charge in [-0.2, -0.15) is 0 Å². The number of thioether (sulfide) groups is 1. The van der Waals surface area contributed by atoms with Crippen molar-refractivity contribution < 1.29 is 14.3 Å². The summed E-state index contributed by atoms with van der Waals surface area (Å²) >= 11 is 1.33. The fourth-order valence-electron chi connectivity index (χ4n) is 3.14. The van der Waals surface area contributed by atoms with E-state index in [2.05, 4.69) is 22.1 Å². The normalized spacial score (nSPS) is 10.7. The van der Waals surface area contributed by atoms with Gasteiger partial charge in [0.25, 0.3) is 0 Å². The van der Waals surface area contributed by atoms with Gasteiger partial charge in [-0.1, -0.05) is 30.0 Å². The zero-order valence-corrected chi connectivity index (χ0v) is 20.4. The van der Waals surface area contributed by atoms with Gasteiger partial charge in [0.05, 0.1) is 12.4 Å². The van der Waals surface area contributed by atoms with Gasteiger partial charge < -0.3 is 14.8 Å². The molecule has 0 unspecified atom stereocenters. The van der Waals surface area contributed by atoms with Gasteiger partial charge in [0.1, 0.15) is 6.61 Å². The van der Waals surface area contributed by atoms with Gasteiger partial charge in [-0.15, -0.1) is 16.8 Å². The molecule has 0 aliphatic carbocycles. The topological polar surface area (TPSA) is 78.3 Å². The monoisotopic (exact) mass is 466 g/mol. The van der Waals surface area contributed by atoms with E-state index in [1.165, 1.54) is 17.3 Å². The number of carbonyl (C=O) groups excluding carboxylic acids is 1. The first-order valence-electron chi connectivity index (χ1n) is 10.8. The van der Waals surface area contributed by atoms with E-state index >= 15 is 0 Å². The van der Waals surface area contributed by atoms with Crippen LogP contribution < -0.4 is 14.8 Å². The van der Waals surface area contributed by atoms with Crippen LogP contribution in [0.25, 0.3) is 0 Å². The van der Waals surface area contributed by atoms with E-state index < -0.39 is 0 Å². The van der Waals surface area contributed by atoms with E-state index in [1.807, 2.05) is 68.7 Å². The molecule has 2 aromatic carbocycles.